The van der Waals surface area contributed by atoms with Crippen LogP contribution in [0.25, 0.3) is 0 Å². The standard InChI is InChI=1S/C13H24N4O2S/c1-4-17(5-2)13-16-9-11(20-13)8-14-10-12(18)15-6-7-19-3/h9,14H,4-8,10H2,1-3H3,(H,15,18). The first kappa shape index (κ1) is 16.9. The minimum absolute atomic E-state index is 0.0180. The zero-order valence-electron chi connectivity index (χ0n) is 12.4. The molecule has 7 heteroatoms. The Hall–Kier alpha value is -1.18. The first-order valence-corrected chi connectivity index (χ1v) is 7.68. The second-order valence-electron chi connectivity index (χ2n) is 4.23. The van der Waals surface area contributed by atoms with Gasteiger partial charge in [-0.3, -0.25) is 4.79 Å². The molecule has 114 valence electrons. The maximum absolute atomic E-state index is 11.5. The van der Waals surface area contributed by atoms with Crippen molar-refractivity contribution in [1.29, 1.82) is 0 Å². The SMILES string of the molecule is CCN(CC)c1ncc(CNCC(=O)NCCOC)s1. The van der Waals surface area contributed by atoms with Gasteiger partial charge < -0.3 is 20.3 Å². The van der Waals surface area contributed by atoms with Gasteiger partial charge in [-0.1, -0.05) is 0 Å². The maximum atomic E-state index is 11.5. The third-order valence-electron chi connectivity index (χ3n) is 2.79. The van der Waals surface area contributed by atoms with E-state index < -0.39 is 0 Å². The number of aromatic nitrogens is 1. The second kappa shape index (κ2) is 9.68. The van der Waals surface area contributed by atoms with E-state index in [1.54, 1.807) is 18.4 Å². The summed E-state index contributed by atoms with van der Waals surface area (Å²) in [7, 11) is 1.61. The maximum Gasteiger partial charge on any atom is 0.234 e. The van der Waals surface area contributed by atoms with Crippen LogP contribution < -0.4 is 15.5 Å². The highest BCUT2D eigenvalue weighted by molar-refractivity contribution is 7.15. The molecule has 1 heterocycles. The second-order valence-corrected chi connectivity index (χ2v) is 5.32. The number of nitrogens with zero attached hydrogens (tertiary/aromatic N) is 2. The minimum Gasteiger partial charge on any atom is -0.383 e. The number of methoxy groups -OCH3 is 1. The summed E-state index contributed by atoms with van der Waals surface area (Å²) in [5.41, 5.74) is 0. The Morgan fingerprint density at radius 1 is 1.45 bits per heavy atom. The lowest BCUT2D eigenvalue weighted by atomic mass is 10.5. The fraction of sp³-hybridized carbons (Fsp3) is 0.692. The molecule has 0 saturated heterocycles. The fourth-order valence-electron chi connectivity index (χ4n) is 1.67. The monoisotopic (exact) mass is 300 g/mol. The van der Waals surface area contributed by atoms with Gasteiger partial charge in [0.1, 0.15) is 0 Å². The van der Waals surface area contributed by atoms with Crippen LogP contribution in [0.2, 0.25) is 0 Å². The van der Waals surface area contributed by atoms with E-state index in [4.69, 9.17) is 4.74 Å². The molecule has 0 radical (unpaired) electrons. The summed E-state index contributed by atoms with van der Waals surface area (Å²) in [6, 6.07) is 0. The topological polar surface area (TPSA) is 66.5 Å². The normalized spacial score (nSPS) is 10.6. The van der Waals surface area contributed by atoms with E-state index in [1.807, 2.05) is 6.20 Å². The van der Waals surface area contributed by atoms with Crippen molar-refractivity contribution >= 4 is 22.4 Å². The van der Waals surface area contributed by atoms with Gasteiger partial charge in [-0.2, -0.15) is 0 Å². The van der Waals surface area contributed by atoms with E-state index in [2.05, 4.69) is 34.4 Å². The van der Waals surface area contributed by atoms with Crippen LogP contribution in [0.15, 0.2) is 6.20 Å². The average Bonchev–Trinajstić information content (AvgIpc) is 2.89. The number of nitrogens with one attached hydrogen (secondary N) is 2. The van der Waals surface area contributed by atoms with Gasteiger partial charge in [0, 0.05) is 44.4 Å². The number of carbonyl (C=O) groups is 1. The predicted molar refractivity (Wildman–Crippen MR) is 82.3 cm³/mol. The molecule has 2 N–H and O–H groups in total. The highest BCUT2D eigenvalue weighted by Gasteiger charge is 2.08. The Bertz CT molecular complexity index is 393. The molecule has 0 aliphatic heterocycles. The molecule has 1 amide bonds. The first-order chi connectivity index (χ1) is 9.71. The largest absolute Gasteiger partial charge is 0.383 e. The Labute approximate surface area is 124 Å². The summed E-state index contributed by atoms with van der Waals surface area (Å²) in [6.07, 6.45) is 1.87. The van der Waals surface area contributed by atoms with Crippen molar-refractivity contribution in [2.75, 3.05) is 44.8 Å². The fourth-order valence-corrected chi connectivity index (χ4v) is 2.68. The molecule has 0 aliphatic carbocycles. The van der Waals surface area contributed by atoms with Crippen molar-refractivity contribution in [1.82, 2.24) is 15.6 Å². The van der Waals surface area contributed by atoms with E-state index in [1.165, 1.54) is 0 Å². The smallest absolute Gasteiger partial charge is 0.234 e. The van der Waals surface area contributed by atoms with Gasteiger partial charge in [-0.05, 0) is 13.8 Å². The lowest BCUT2D eigenvalue weighted by Gasteiger charge is -2.16. The van der Waals surface area contributed by atoms with E-state index in [0.717, 1.165) is 23.1 Å². The van der Waals surface area contributed by atoms with Crippen LogP contribution in [0, 0.1) is 0 Å². The van der Waals surface area contributed by atoms with Crippen molar-refractivity contribution in [3.63, 3.8) is 0 Å². The molecule has 1 aromatic heterocycles. The Kier molecular flexibility index (Phi) is 8.17. The number of amides is 1. The number of thiazole rings is 1. The number of hydrogen-bond donors (Lipinski definition) is 2. The molecule has 0 bridgehead atoms. The molecule has 0 spiro atoms. The molecule has 0 fully saturated rings. The Morgan fingerprint density at radius 2 is 2.20 bits per heavy atom. The van der Waals surface area contributed by atoms with Gasteiger partial charge in [0.05, 0.1) is 13.2 Å². The van der Waals surface area contributed by atoms with Gasteiger partial charge in [0.25, 0.3) is 0 Å². The molecule has 0 unspecified atom stereocenters. The van der Waals surface area contributed by atoms with E-state index in [0.29, 0.717) is 26.2 Å². The molecule has 0 saturated carbocycles. The molecule has 0 aliphatic rings. The summed E-state index contributed by atoms with van der Waals surface area (Å²) in [5, 5.41) is 6.92. The van der Waals surface area contributed by atoms with Crippen LogP contribution in [0.5, 0.6) is 0 Å². The van der Waals surface area contributed by atoms with Crippen LogP contribution in [-0.2, 0) is 16.1 Å². The molecule has 20 heavy (non-hydrogen) atoms. The molecule has 6 nitrogen and oxygen atoms in total. The Balaban J connectivity index is 2.27. The van der Waals surface area contributed by atoms with Gasteiger partial charge in [-0.15, -0.1) is 11.3 Å². The van der Waals surface area contributed by atoms with Crippen LogP contribution >= 0.6 is 11.3 Å². The average molecular weight is 300 g/mol. The van der Waals surface area contributed by atoms with Crippen LogP contribution in [0.4, 0.5) is 5.13 Å². The predicted octanol–water partition coefficient (Wildman–Crippen LogP) is 0.842. The minimum atomic E-state index is -0.0180. The van der Waals surface area contributed by atoms with Crippen molar-refractivity contribution in [3.8, 4) is 0 Å². The highest BCUT2D eigenvalue weighted by atomic mass is 32.1. The number of anilines is 1. The first-order valence-electron chi connectivity index (χ1n) is 6.87. The molecule has 0 aromatic carbocycles. The summed E-state index contributed by atoms with van der Waals surface area (Å²) >= 11 is 1.66. The lowest BCUT2D eigenvalue weighted by Crippen LogP contribution is -2.35. The summed E-state index contributed by atoms with van der Waals surface area (Å²) < 4.78 is 4.87. The van der Waals surface area contributed by atoms with Crippen molar-refractivity contribution in [3.05, 3.63) is 11.1 Å². The summed E-state index contributed by atoms with van der Waals surface area (Å²) in [6.45, 7) is 8.20. The number of ether oxygens (including phenoxy) is 1. The van der Waals surface area contributed by atoms with Crippen molar-refractivity contribution in [2.24, 2.45) is 0 Å². The zero-order valence-corrected chi connectivity index (χ0v) is 13.3. The van der Waals surface area contributed by atoms with E-state index in [9.17, 15) is 4.79 Å². The van der Waals surface area contributed by atoms with E-state index >= 15 is 0 Å². The van der Waals surface area contributed by atoms with Gasteiger partial charge in [-0.25, -0.2) is 4.98 Å². The third-order valence-corrected chi connectivity index (χ3v) is 3.85. The highest BCUT2D eigenvalue weighted by Crippen LogP contribution is 2.21. The van der Waals surface area contributed by atoms with Crippen LogP contribution in [0.3, 0.4) is 0 Å². The number of hydrogen-bond acceptors (Lipinski definition) is 6. The molecule has 0 atom stereocenters. The van der Waals surface area contributed by atoms with Crippen LogP contribution in [0.1, 0.15) is 18.7 Å². The van der Waals surface area contributed by atoms with Gasteiger partial charge >= 0.3 is 0 Å². The van der Waals surface area contributed by atoms with Gasteiger partial charge in [0.15, 0.2) is 5.13 Å². The quantitative estimate of drug-likeness (QED) is 0.627. The van der Waals surface area contributed by atoms with E-state index in [-0.39, 0.29) is 5.91 Å². The number of carbonyl (C=O) groups excluding carboxylic acids is 1. The molecular weight excluding hydrogens is 276 g/mol. The van der Waals surface area contributed by atoms with Crippen molar-refractivity contribution in [2.45, 2.75) is 20.4 Å². The molecule has 1 aromatic rings. The summed E-state index contributed by atoms with van der Waals surface area (Å²) in [4.78, 5) is 19.2. The summed E-state index contributed by atoms with van der Waals surface area (Å²) in [5.74, 6) is -0.0180. The number of rotatable bonds is 10. The molecule has 1 rings (SSSR count). The molecular formula is C13H24N4O2S. The van der Waals surface area contributed by atoms with Crippen LogP contribution in [-0.4, -0.2) is 50.8 Å². The lowest BCUT2D eigenvalue weighted by molar-refractivity contribution is -0.120. The van der Waals surface area contributed by atoms with Crippen molar-refractivity contribution < 1.29 is 9.53 Å². The Morgan fingerprint density at radius 3 is 2.85 bits per heavy atom. The van der Waals surface area contributed by atoms with Gasteiger partial charge in [0.2, 0.25) is 5.91 Å². The zero-order chi connectivity index (χ0) is 14.8. The third kappa shape index (κ3) is 5.85.